The summed E-state index contributed by atoms with van der Waals surface area (Å²) in [4.78, 5) is 10.9. The molecule has 1 aromatic rings. The van der Waals surface area contributed by atoms with Crippen molar-refractivity contribution in [3.63, 3.8) is 0 Å². The molecule has 1 aromatic heterocycles. The van der Waals surface area contributed by atoms with E-state index in [-0.39, 0.29) is 23.7 Å². The van der Waals surface area contributed by atoms with Crippen LogP contribution < -0.4 is 9.44 Å². The molecule has 1 heterocycles. The maximum Gasteiger partial charge on any atom is 0.348 e. The third-order valence-corrected chi connectivity index (χ3v) is 4.15. The van der Waals surface area contributed by atoms with Gasteiger partial charge in [-0.2, -0.15) is 13.1 Å². The Balaban J connectivity index is 2.84. The molecule has 0 saturated carbocycles. The van der Waals surface area contributed by atoms with Gasteiger partial charge in [0.1, 0.15) is 4.88 Å². The summed E-state index contributed by atoms with van der Waals surface area (Å²) in [5, 5.41) is 10.5. The highest BCUT2D eigenvalue weighted by Crippen LogP contribution is 2.28. The summed E-state index contributed by atoms with van der Waals surface area (Å²) < 4.78 is 32.4. The van der Waals surface area contributed by atoms with Gasteiger partial charge in [0.2, 0.25) is 0 Å². The van der Waals surface area contributed by atoms with E-state index in [9.17, 15) is 13.2 Å². The number of rotatable bonds is 7. The summed E-state index contributed by atoms with van der Waals surface area (Å²) in [6, 6.07) is 0. The normalized spacial score (nSPS) is 11.4. The van der Waals surface area contributed by atoms with Crippen LogP contribution >= 0.6 is 11.3 Å². The number of hydrogen-bond donors (Lipinski definition) is 3. The van der Waals surface area contributed by atoms with Crippen molar-refractivity contribution in [3.8, 4) is 0 Å². The van der Waals surface area contributed by atoms with Crippen molar-refractivity contribution in [2.24, 2.45) is 0 Å². The molecule has 7 nitrogen and oxygen atoms in total. The number of carboxylic acid groups (broad SMARTS) is 1. The number of aromatic carboxylic acids is 1. The Hall–Kier alpha value is -1.16. The fraction of sp³-hybridized carbons (Fsp3) is 0.444. The molecule has 0 aliphatic rings. The van der Waals surface area contributed by atoms with Crippen molar-refractivity contribution >= 4 is 33.2 Å². The van der Waals surface area contributed by atoms with Crippen LogP contribution in [-0.2, 0) is 14.9 Å². The molecule has 102 valence electrons. The predicted molar refractivity (Wildman–Crippen MR) is 68.4 cm³/mol. The summed E-state index contributed by atoms with van der Waals surface area (Å²) in [5.41, 5.74) is 0.659. The summed E-state index contributed by atoms with van der Waals surface area (Å²) in [6.45, 7) is 1.97. The highest BCUT2D eigenvalue weighted by molar-refractivity contribution is 7.90. The lowest BCUT2D eigenvalue weighted by molar-refractivity contribution is 0.0703. The van der Waals surface area contributed by atoms with Crippen molar-refractivity contribution in [2.45, 2.75) is 6.92 Å². The number of ether oxygens (including phenoxy) is 1. The molecule has 9 heteroatoms. The molecular formula is C9H14N2O5S2. The lowest BCUT2D eigenvalue weighted by Crippen LogP contribution is -2.33. The maximum atomic E-state index is 11.6. The number of nitrogens with one attached hydrogen (secondary N) is 2. The Kier molecular flexibility index (Phi) is 5.08. The van der Waals surface area contributed by atoms with E-state index in [2.05, 4.69) is 9.44 Å². The minimum Gasteiger partial charge on any atom is -0.477 e. The van der Waals surface area contributed by atoms with Crippen LogP contribution in [-0.4, -0.2) is 39.8 Å². The van der Waals surface area contributed by atoms with E-state index in [0.29, 0.717) is 5.56 Å². The molecule has 0 radical (unpaired) electrons. The van der Waals surface area contributed by atoms with Crippen LogP contribution in [0.15, 0.2) is 5.38 Å². The predicted octanol–water partition coefficient (Wildman–Crippen LogP) is 0.647. The second kappa shape index (κ2) is 6.14. The number of aryl methyl sites for hydroxylation is 1. The average Bonchev–Trinajstić information content (AvgIpc) is 2.60. The van der Waals surface area contributed by atoms with Gasteiger partial charge in [-0.1, -0.05) is 0 Å². The highest BCUT2D eigenvalue weighted by atomic mass is 32.2. The molecule has 1 rings (SSSR count). The third-order valence-electron chi connectivity index (χ3n) is 2.00. The Labute approximate surface area is 109 Å². The number of methoxy groups -OCH3 is 1. The van der Waals surface area contributed by atoms with Gasteiger partial charge in [0.15, 0.2) is 0 Å². The molecule has 0 unspecified atom stereocenters. The van der Waals surface area contributed by atoms with E-state index in [1.807, 2.05) is 0 Å². The van der Waals surface area contributed by atoms with Crippen molar-refractivity contribution in [1.82, 2.24) is 4.72 Å². The van der Waals surface area contributed by atoms with Crippen LogP contribution in [0.1, 0.15) is 15.2 Å². The van der Waals surface area contributed by atoms with Crippen LogP contribution in [0.5, 0.6) is 0 Å². The summed E-state index contributed by atoms with van der Waals surface area (Å²) >= 11 is 0.974. The van der Waals surface area contributed by atoms with Crippen molar-refractivity contribution in [1.29, 1.82) is 0 Å². The standard InChI is InChI=1S/C9H14N2O5S2/c1-6-5-17-8(9(12)13)7(6)11-18(14,15)10-3-4-16-2/h5,10-11H,3-4H2,1-2H3,(H,12,13). The Bertz CT molecular complexity index is 523. The number of carboxylic acids is 1. The van der Waals surface area contributed by atoms with E-state index in [4.69, 9.17) is 9.84 Å². The highest BCUT2D eigenvalue weighted by Gasteiger charge is 2.19. The topological polar surface area (TPSA) is 105 Å². The van der Waals surface area contributed by atoms with Crippen LogP contribution in [0.3, 0.4) is 0 Å². The Morgan fingerprint density at radius 3 is 2.78 bits per heavy atom. The Morgan fingerprint density at radius 2 is 2.22 bits per heavy atom. The molecule has 0 aliphatic carbocycles. The van der Waals surface area contributed by atoms with Crippen LogP contribution in [0, 0.1) is 6.92 Å². The van der Waals surface area contributed by atoms with E-state index >= 15 is 0 Å². The zero-order chi connectivity index (χ0) is 13.8. The van der Waals surface area contributed by atoms with Gasteiger partial charge in [0, 0.05) is 13.7 Å². The van der Waals surface area contributed by atoms with Gasteiger partial charge in [-0.3, -0.25) is 4.72 Å². The minimum atomic E-state index is -3.79. The quantitative estimate of drug-likeness (QED) is 0.640. The Morgan fingerprint density at radius 1 is 1.56 bits per heavy atom. The van der Waals surface area contributed by atoms with Crippen LogP contribution in [0.2, 0.25) is 0 Å². The number of thiophene rings is 1. The molecule has 0 amide bonds. The lowest BCUT2D eigenvalue weighted by Gasteiger charge is -2.09. The van der Waals surface area contributed by atoms with Gasteiger partial charge >= 0.3 is 5.97 Å². The van der Waals surface area contributed by atoms with Gasteiger partial charge in [0.05, 0.1) is 12.3 Å². The van der Waals surface area contributed by atoms with Gasteiger partial charge in [-0.25, -0.2) is 4.79 Å². The smallest absolute Gasteiger partial charge is 0.348 e. The van der Waals surface area contributed by atoms with Crippen molar-refractivity contribution < 1.29 is 23.1 Å². The molecule has 0 spiro atoms. The number of hydrogen-bond acceptors (Lipinski definition) is 5. The first-order valence-electron chi connectivity index (χ1n) is 4.95. The second-order valence-electron chi connectivity index (χ2n) is 3.42. The second-order valence-corrected chi connectivity index (χ2v) is 5.80. The molecular weight excluding hydrogens is 280 g/mol. The van der Waals surface area contributed by atoms with E-state index < -0.39 is 16.2 Å². The van der Waals surface area contributed by atoms with Crippen molar-refractivity contribution in [2.75, 3.05) is 25.0 Å². The molecule has 0 bridgehead atoms. The lowest BCUT2D eigenvalue weighted by atomic mass is 10.3. The van der Waals surface area contributed by atoms with Gasteiger partial charge in [-0.15, -0.1) is 11.3 Å². The molecule has 18 heavy (non-hydrogen) atoms. The van der Waals surface area contributed by atoms with Gasteiger partial charge < -0.3 is 9.84 Å². The fourth-order valence-corrected chi connectivity index (χ4v) is 3.04. The molecule has 0 fully saturated rings. The SMILES string of the molecule is COCCNS(=O)(=O)Nc1c(C)csc1C(=O)O. The molecule has 0 aromatic carbocycles. The largest absolute Gasteiger partial charge is 0.477 e. The minimum absolute atomic E-state index is 0.0374. The van der Waals surface area contributed by atoms with E-state index in [1.165, 1.54) is 7.11 Å². The first-order chi connectivity index (χ1) is 8.37. The summed E-state index contributed by atoms with van der Waals surface area (Å²) in [6.07, 6.45) is 0. The van der Waals surface area contributed by atoms with Gasteiger partial charge in [0.25, 0.3) is 10.2 Å². The van der Waals surface area contributed by atoms with Crippen molar-refractivity contribution in [3.05, 3.63) is 15.8 Å². The van der Waals surface area contributed by atoms with E-state index in [0.717, 1.165) is 11.3 Å². The third kappa shape index (κ3) is 3.95. The zero-order valence-corrected chi connectivity index (χ0v) is 11.5. The maximum absolute atomic E-state index is 11.6. The fourth-order valence-electron chi connectivity index (χ4n) is 1.18. The first kappa shape index (κ1) is 14.9. The molecule has 0 aliphatic heterocycles. The molecule has 3 N–H and O–H groups in total. The first-order valence-corrected chi connectivity index (χ1v) is 7.31. The van der Waals surface area contributed by atoms with Crippen LogP contribution in [0.25, 0.3) is 0 Å². The molecule has 0 saturated heterocycles. The number of carbonyl (C=O) groups is 1. The zero-order valence-electron chi connectivity index (χ0n) is 9.89. The summed E-state index contributed by atoms with van der Waals surface area (Å²) in [5.74, 6) is -1.16. The monoisotopic (exact) mass is 294 g/mol. The van der Waals surface area contributed by atoms with Gasteiger partial charge in [-0.05, 0) is 17.9 Å². The average molecular weight is 294 g/mol. The summed E-state index contributed by atoms with van der Waals surface area (Å²) in [7, 11) is -2.34. The van der Waals surface area contributed by atoms with Crippen LogP contribution in [0.4, 0.5) is 5.69 Å². The molecule has 0 atom stereocenters. The number of anilines is 1. The van der Waals surface area contributed by atoms with E-state index in [1.54, 1.807) is 12.3 Å².